The molecule has 0 bridgehead atoms. The highest BCUT2D eigenvalue weighted by Gasteiger charge is 2.16. The maximum atomic E-state index is 12.3. The van der Waals surface area contributed by atoms with E-state index in [1.807, 2.05) is 64.7 Å². The molecule has 3 rings (SSSR count). The zero-order valence-corrected chi connectivity index (χ0v) is 14.5. The first-order chi connectivity index (χ1) is 11.2. The van der Waals surface area contributed by atoms with E-state index in [9.17, 15) is 4.79 Å². The quantitative estimate of drug-likeness (QED) is 0.608. The first-order valence-electron chi connectivity index (χ1n) is 7.02. The van der Waals surface area contributed by atoms with Gasteiger partial charge in [0.05, 0.1) is 6.04 Å². The molecule has 0 fully saturated rings. The SMILES string of the molecule is O=C(/C=C/c1ccsc1)N[C@@H](c1ccc(Cl)cc1)c1cccs1. The predicted octanol–water partition coefficient (Wildman–Crippen LogP) is 5.38. The number of benzene rings is 1. The monoisotopic (exact) mass is 359 g/mol. The summed E-state index contributed by atoms with van der Waals surface area (Å²) >= 11 is 9.18. The largest absolute Gasteiger partial charge is 0.341 e. The molecule has 0 saturated heterocycles. The molecule has 1 amide bonds. The van der Waals surface area contributed by atoms with Crippen LogP contribution in [0.1, 0.15) is 22.0 Å². The molecule has 0 aliphatic rings. The molecule has 1 atom stereocenters. The fraction of sp³-hybridized carbons (Fsp3) is 0.0556. The summed E-state index contributed by atoms with van der Waals surface area (Å²) in [5.74, 6) is -0.121. The van der Waals surface area contributed by atoms with E-state index in [4.69, 9.17) is 11.6 Å². The molecule has 116 valence electrons. The Bertz CT molecular complexity index is 777. The number of thiophene rings is 2. The number of carbonyl (C=O) groups excluding carboxylic acids is 1. The second kappa shape index (κ2) is 7.59. The molecule has 2 heterocycles. The second-order valence-corrected chi connectivity index (χ2v) is 7.09. The highest BCUT2D eigenvalue weighted by atomic mass is 35.5. The minimum Gasteiger partial charge on any atom is -0.341 e. The highest BCUT2D eigenvalue weighted by molar-refractivity contribution is 7.10. The van der Waals surface area contributed by atoms with Gasteiger partial charge in [-0.2, -0.15) is 11.3 Å². The average molecular weight is 360 g/mol. The molecule has 2 aromatic heterocycles. The van der Waals surface area contributed by atoms with Crippen molar-refractivity contribution in [3.05, 3.63) is 85.7 Å². The van der Waals surface area contributed by atoms with E-state index >= 15 is 0 Å². The van der Waals surface area contributed by atoms with E-state index < -0.39 is 0 Å². The van der Waals surface area contributed by atoms with Crippen LogP contribution in [-0.2, 0) is 4.79 Å². The Hall–Kier alpha value is -1.88. The number of hydrogen-bond donors (Lipinski definition) is 1. The van der Waals surface area contributed by atoms with Crippen molar-refractivity contribution in [2.45, 2.75) is 6.04 Å². The molecule has 0 radical (unpaired) electrons. The van der Waals surface area contributed by atoms with E-state index in [0.717, 1.165) is 16.0 Å². The Labute approximate surface area is 148 Å². The molecule has 0 spiro atoms. The van der Waals surface area contributed by atoms with Crippen molar-refractivity contribution in [1.82, 2.24) is 5.32 Å². The van der Waals surface area contributed by atoms with Gasteiger partial charge in [0.15, 0.2) is 0 Å². The predicted molar refractivity (Wildman–Crippen MR) is 99.1 cm³/mol. The van der Waals surface area contributed by atoms with Crippen molar-refractivity contribution >= 4 is 46.3 Å². The van der Waals surface area contributed by atoms with Gasteiger partial charge in [0.1, 0.15) is 0 Å². The lowest BCUT2D eigenvalue weighted by Crippen LogP contribution is -2.27. The van der Waals surface area contributed by atoms with Crippen molar-refractivity contribution in [3.63, 3.8) is 0 Å². The van der Waals surface area contributed by atoms with Gasteiger partial charge in [-0.15, -0.1) is 11.3 Å². The second-order valence-electron chi connectivity index (χ2n) is 4.90. The summed E-state index contributed by atoms with van der Waals surface area (Å²) in [6.07, 6.45) is 3.39. The summed E-state index contributed by atoms with van der Waals surface area (Å²) < 4.78 is 0. The lowest BCUT2D eigenvalue weighted by atomic mass is 10.1. The van der Waals surface area contributed by atoms with E-state index in [0.29, 0.717) is 5.02 Å². The van der Waals surface area contributed by atoms with Crippen LogP contribution in [0.2, 0.25) is 5.02 Å². The minimum absolute atomic E-state index is 0.121. The van der Waals surface area contributed by atoms with Gasteiger partial charge >= 0.3 is 0 Å². The molecule has 3 aromatic rings. The summed E-state index contributed by atoms with van der Waals surface area (Å²) in [5, 5.41) is 9.74. The first-order valence-corrected chi connectivity index (χ1v) is 9.22. The third-order valence-corrected chi connectivity index (χ3v) is 5.18. The Morgan fingerprint density at radius 2 is 1.96 bits per heavy atom. The van der Waals surface area contributed by atoms with Gasteiger partial charge in [-0.1, -0.05) is 29.8 Å². The van der Waals surface area contributed by atoms with Gasteiger partial charge in [0, 0.05) is 16.0 Å². The summed E-state index contributed by atoms with van der Waals surface area (Å²) in [4.78, 5) is 13.4. The van der Waals surface area contributed by atoms with E-state index in [1.165, 1.54) is 0 Å². The number of hydrogen-bond acceptors (Lipinski definition) is 3. The highest BCUT2D eigenvalue weighted by Crippen LogP contribution is 2.27. The molecule has 1 N–H and O–H groups in total. The third kappa shape index (κ3) is 4.32. The van der Waals surface area contributed by atoms with Crippen molar-refractivity contribution in [3.8, 4) is 0 Å². The normalized spacial score (nSPS) is 12.4. The molecular formula is C18H14ClNOS2. The van der Waals surface area contributed by atoms with E-state index in [-0.39, 0.29) is 11.9 Å². The molecule has 0 unspecified atom stereocenters. The van der Waals surface area contributed by atoms with Gasteiger partial charge in [-0.05, 0) is 57.6 Å². The van der Waals surface area contributed by atoms with Crippen LogP contribution in [-0.4, -0.2) is 5.91 Å². The minimum atomic E-state index is -0.174. The first kappa shape index (κ1) is 16.0. The van der Waals surface area contributed by atoms with Gasteiger partial charge in [-0.25, -0.2) is 0 Å². The fourth-order valence-corrected chi connectivity index (χ4v) is 3.72. The number of rotatable bonds is 5. The van der Waals surface area contributed by atoms with E-state index in [2.05, 4.69) is 5.32 Å². The summed E-state index contributed by atoms with van der Waals surface area (Å²) in [7, 11) is 0. The smallest absolute Gasteiger partial charge is 0.244 e. The summed E-state index contributed by atoms with van der Waals surface area (Å²) in [5.41, 5.74) is 2.04. The van der Waals surface area contributed by atoms with Crippen LogP contribution in [0.15, 0.2) is 64.7 Å². The van der Waals surface area contributed by atoms with Gasteiger partial charge < -0.3 is 5.32 Å². The summed E-state index contributed by atoms with van der Waals surface area (Å²) in [6.45, 7) is 0. The maximum Gasteiger partial charge on any atom is 0.244 e. The van der Waals surface area contributed by atoms with Gasteiger partial charge in [0.2, 0.25) is 5.91 Å². The Morgan fingerprint density at radius 1 is 1.13 bits per heavy atom. The van der Waals surface area contributed by atoms with Crippen molar-refractivity contribution in [2.75, 3.05) is 0 Å². The van der Waals surface area contributed by atoms with Crippen LogP contribution < -0.4 is 5.32 Å². The van der Waals surface area contributed by atoms with Crippen LogP contribution in [0.4, 0.5) is 0 Å². The molecule has 0 saturated carbocycles. The number of amides is 1. The lowest BCUT2D eigenvalue weighted by molar-refractivity contribution is -0.116. The molecule has 2 nitrogen and oxygen atoms in total. The van der Waals surface area contributed by atoms with Crippen molar-refractivity contribution < 1.29 is 4.79 Å². The molecular weight excluding hydrogens is 346 g/mol. The van der Waals surface area contributed by atoms with Gasteiger partial charge in [0.25, 0.3) is 0 Å². The van der Waals surface area contributed by atoms with Crippen molar-refractivity contribution in [1.29, 1.82) is 0 Å². The molecule has 0 aliphatic heterocycles. The van der Waals surface area contributed by atoms with Crippen LogP contribution in [0, 0.1) is 0 Å². The molecule has 0 aliphatic carbocycles. The zero-order valence-electron chi connectivity index (χ0n) is 12.1. The number of halogens is 1. The molecule has 5 heteroatoms. The van der Waals surface area contributed by atoms with Crippen LogP contribution in [0.25, 0.3) is 6.08 Å². The Morgan fingerprint density at radius 3 is 2.61 bits per heavy atom. The number of carbonyl (C=O) groups is 1. The standard InChI is InChI=1S/C18H14ClNOS2/c19-15-6-4-14(5-7-15)18(16-2-1-10-23-16)20-17(21)8-3-13-9-11-22-12-13/h1-12,18H,(H,20,21)/b8-3+/t18-/m0/s1. The lowest BCUT2D eigenvalue weighted by Gasteiger charge is -2.17. The Kier molecular flexibility index (Phi) is 5.28. The van der Waals surface area contributed by atoms with Gasteiger partial charge in [-0.3, -0.25) is 4.79 Å². The van der Waals surface area contributed by atoms with Crippen molar-refractivity contribution in [2.24, 2.45) is 0 Å². The Balaban J connectivity index is 1.79. The molecule has 1 aromatic carbocycles. The van der Waals surface area contributed by atoms with E-state index in [1.54, 1.807) is 28.7 Å². The van der Waals surface area contributed by atoms with Crippen LogP contribution >= 0.6 is 34.3 Å². The maximum absolute atomic E-state index is 12.3. The zero-order chi connectivity index (χ0) is 16.1. The average Bonchev–Trinajstić information content (AvgIpc) is 3.25. The summed E-state index contributed by atoms with van der Waals surface area (Å²) in [6, 6.07) is 13.4. The van der Waals surface area contributed by atoms with Crippen LogP contribution in [0.3, 0.4) is 0 Å². The fourth-order valence-electron chi connectivity index (χ4n) is 2.16. The molecule has 23 heavy (non-hydrogen) atoms. The third-order valence-electron chi connectivity index (χ3n) is 3.29. The number of nitrogens with one attached hydrogen (secondary N) is 1. The topological polar surface area (TPSA) is 29.1 Å². The van der Waals surface area contributed by atoms with Crippen LogP contribution in [0.5, 0.6) is 0 Å².